The molecular formula is C20H26N4O2. The van der Waals surface area contributed by atoms with Crippen LogP contribution in [0.15, 0.2) is 41.9 Å². The minimum atomic E-state index is -0.273. The molecule has 1 aliphatic heterocycles. The maximum absolute atomic E-state index is 12.2. The first kappa shape index (κ1) is 18.2. The Hall–Kier alpha value is -2.63. The molecule has 2 heterocycles. The van der Waals surface area contributed by atoms with Crippen LogP contribution in [0.25, 0.3) is 0 Å². The van der Waals surface area contributed by atoms with E-state index in [1.165, 1.54) is 25.6 Å². The molecule has 1 unspecified atom stereocenters. The third kappa shape index (κ3) is 3.79. The maximum atomic E-state index is 12.2. The van der Waals surface area contributed by atoms with Crippen LogP contribution >= 0.6 is 0 Å². The number of benzene rings is 1. The van der Waals surface area contributed by atoms with Gasteiger partial charge in [0.1, 0.15) is 18.1 Å². The number of hydrogen-bond donors (Lipinski definition) is 1. The zero-order chi connectivity index (χ0) is 18.5. The molecule has 1 aliphatic rings. The Balaban J connectivity index is 1.78. The highest BCUT2D eigenvalue weighted by Gasteiger charge is 2.31. The number of fused-ring (bicyclic) bond motifs is 1. The largest absolute Gasteiger partial charge is 0.494 e. The fourth-order valence-electron chi connectivity index (χ4n) is 3.32. The number of Topliss-reactive ketones (excluding diaryl/α,β-unsaturated/α-hetero) is 1. The molecule has 0 saturated heterocycles. The predicted molar refractivity (Wildman–Crippen MR) is 101 cm³/mol. The van der Waals surface area contributed by atoms with Gasteiger partial charge in [-0.05, 0) is 38.0 Å². The van der Waals surface area contributed by atoms with E-state index in [4.69, 9.17) is 4.74 Å². The Morgan fingerprint density at radius 2 is 2.00 bits per heavy atom. The highest BCUT2D eigenvalue weighted by Crippen LogP contribution is 2.35. The van der Waals surface area contributed by atoms with Crippen molar-refractivity contribution >= 4 is 11.7 Å². The molecule has 0 fully saturated rings. The number of rotatable bonds is 8. The van der Waals surface area contributed by atoms with E-state index in [-0.39, 0.29) is 11.8 Å². The average Bonchev–Trinajstić information content (AvgIpc) is 3.08. The van der Waals surface area contributed by atoms with Gasteiger partial charge in [0, 0.05) is 11.3 Å². The number of carbonyl (C=O) groups excluding carboxylic acids is 1. The van der Waals surface area contributed by atoms with Gasteiger partial charge in [-0.3, -0.25) is 4.79 Å². The normalized spacial score (nSPS) is 16.2. The Labute approximate surface area is 154 Å². The number of allylic oxidation sites excluding steroid dienone is 2. The second kappa shape index (κ2) is 8.17. The van der Waals surface area contributed by atoms with Gasteiger partial charge in [0.05, 0.1) is 6.61 Å². The molecule has 1 aromatic carbocycles. The molecule has 1 atom stereocenters. The number of aromatic nitrogens is 3. The first-order valence-corrected chi connectivity index (χ1v) is 9.22. The van der Waals surface area contributed by atoms with Crippen LogP contribution < -0.4 is 10.1 Å². The average molecular weight is 354 g/mol. The summed E-state index contributed by atoms with van der Waals surface area (Å²) in [6.07, 6.45) is 6.24. The van der Waals surface area contributed by atoms with Gasteiger partial charge in [0.2, 0.25) is 5.95 Å². The van der Waals surface area contributed by atoms with Gasteiger partial charge in [-0.15, -0.1) is 0 Å². The lowest BCUT2D eigenvalue weighted by Crippen LogP contribution is -2.27. The molecule has 6 heteroatoms. The topological polar surface area (TPSA) is 69.0 Å². The summed E-state index contributed by atoms with van der Waals surface area (Å²) in [6.45, 7) is 6.42. The van der Waals surface area contributed by atoms with Gasteiger partial charge < -0.3 is 10.1 Å². The molecule has 0 bridgehead atoms. The van der Waals surface area contributed by atoms with Crippen LogP contribution in [0.4, 0.5) is 5.95 Å². The van der Waals surface area contributed by atoms with Crippen LogP contribution in [-0.2, 0) is 4.79 Å². The van der Waals surface area contributed by atoms with Gasteiger partial charge in [-0.2, -0.15) is 10.1 Å². The summed E-state index contributed by atoms with van der Waals surface area (Å²) in [5.74, 6) is 1.52. The number of hydrogen-bond acceptors (Lipinski definition) is 5. The van der Waals surface area contributed by atoms with Gasteiger partial charge in [-0.1, -0.05) is 38.3 Å². The van der Waals surface area contributed by atoms with Crippen LogP contribution in [0.1, 0.15) is 58.1 Å². The van der Waals surface area contributed by atoms with E-state index in [0.29, 0.717) is 11.5 Å². The van der Waals surface area contributed by atoms with Crippen LogP contribution in [0.3, 0.4) is 0 Å². The summed E-state index contributed by atoms with van der Waals surface area (Å²) < 4.78 is 7.57. The monoisotopic (exact) mass is 354 g/mol. The first-order chi connectivity index (χ1) is 12.6. The fourth-order valence-corrected chi connectivity index (χ4v) is 3.32. The Morgan fingerprint density at radius 3 is 2.69 bits per heavy atom. The third-order valence-electron chi connectivity index (χ3n) is 4.64. The molecule has 0 radical (unpaired) electrons. The summed E-state index contributed by atoms with van der Waals surface area (Å²) in [6, 6.07) is 7.64. The van der Waals surface area contributed by atoms with E-state index in [1.54, 1.807) is 11.6 Å². The zero-order valence-corrected chi connectivity index (χ0v) is 15.7. The molecule has 3 rings (SSSR count). The van der Waals surface area contributed by atoms with Gasteiger partial charge in [-0.25, -0.2) is 4.68 Å². The first-order valence-electron chi connectivity index (χ1n) is 9.22. The SMILES string of the molecule is CCCCCCOc1ccc(C2C(C(C)=O)=C(C)Nc3ncnn32)cc1. The summed E-state index contributed by atoms with van der Waals surface area (Å²) in [4.78, 5) is 16.5. The van der Waals surface area contributed by atoms with Crippen molar-refractivity contribution in [1.29, 1.82) is 0 Å². The number of anilines is 1. The fraction of sp³-hybridized carbons (Fsp3) is 0.450. The molecular weight excluding hydrogens is 328 g/mol. The van der Waals surface area contributed by atoms with Gasteiger partial charge in [0.25, 0.3) is 0 Å². The van der Waals surface area contributed by atoms with E-state index in [9.17, 15) is 4.79 Å². The van der Waals surface area contributed by atoms with Crippen molar-refractivity contribution in [3.8, 4) is 5.75 Å². The molecule has 138 valence electrons. The minimum absolute atomic E-state index is 0.0254. The van der Waals surface area contributed by atoms with E-state index in [2.05, 4.69) is 22.3 Å². The van der Waals surface area contributed by atoms with Crippen LogP contribution in [0.2, 0.25) is 0 Å². The van der Waals surface area contributed by atoms with Crippen molar-refractivity contribution in [3.63, 3.8) is 0 Å². The Bertz CT molecular complexity index is 792. The molecule has 1 aromatic heterocycles. The Morgan fingerprint density at radius 1 is 1.23 bits per heavy atom. The van der Waals surface area contributed by atoms with Crippen LogP contribution in [0.5, 0.6) is 5.75 Å². The van der Waals surface area contributed by atoms with Gasteiger partial charge in [0.15, 0.2) is 5.78 Å². The lowest BCUT2D eigenvalue weighted by molar-refractivity contribution is -0.114. The number of carbonyl (C=O) groups is 1. The zero-order valence-electron chi connectivity index (χ0n) is 15.7. The van der Waals surface area contributed by atoms with Crippen LogP contribution in [-0.4, -0.2) is 27.2 Å². The lowest BCUT2D eigenvalue weighted by atomic mass is 9.93. The highest BCUT2D eigenvalue weighted by atomic mass is 16.5. The van der Waals surface area contributed by atoms with Gasteiger partial charge >= 0.3 is 0 Å². The molecule has 26 heavy (non-hydrogen) atoms. The summed E-state index contributed by atoms with van der Waals surface area (Å²) in [5.41, 5.74) is 2.51. The number of ether oxygens (including phenoxy) is 1. The van der Waals surface area contributed by atoms with E-state index < -0.39 is 0 Å². The molecule has 0 amide bonds. The highest BCUT2D eigenvalue weighted by molar-refractivity contribution is 5.96. The molecule has 1 N–H and O–H groups in total. The van der Waals surface area contributed by atoms with Crippen molar-refractivity contribution in [3.05, 3.63) is 47.4 Å². The van der Waals surface area contributed by atoms with E-state index >= 15 is 0 Å². The number of ketones is 1. The smallest absolute Gasteiger partial charge is 0.226 e. The van der Waals surface area contributed by atoms with E-state index in [1.807, 2.05) is 31.2 Å². The predicted octanol–water partition coefficient (Wildman–Crippen LogP) is 4.12. The Kier molecular flexibility index (Phi) is 5.71. The second-order valence-corrected chi connectivity index (χ2v) is 6.63. The summed E-state index contributed by atoms with van der Waals surface area (Å²) in [5, 5.41) is 7.46. The quantitative estimate of drug-likeness (QED) is 0.722. The second-order valence-electron chi connectivity index (χ2n) is 6.63. The number of unbranched alkanes of at least 4 members (excludes halogenated alkanes) is 3. The summed E-state index contributed by atoms with van der Waals surface area (Å²) >= 11 is 0. The molecule has 0 saturated carbocycles. The van der Waals surface area contributed by atoms with Crippen LogP contribution in [0, 0.1) is 0 Å². The third-order valence-corrected chi connectivity index (χ3v) is 4.64. The van der Waals surface area contributed by atoms with Crippen molar-refractivity contribution in [1.82, 2.24) is 14.8 Å². The number of nitrogens with zero attached hydrogens (tertiary/aromatic N) is 3. The maximum Gasteiger partial charge on any atom is 0.226 e. The minimum Gasteiger partial charge on any atom is -0.494 e. The lowest BCUT2D eigenvalue weighted by Gasteiger charge is -2.28. The van der Waals surface area contributed by atoms with Crippen molar-refractivity contribution in [2.24, 2.45) is 0 Å². The molecule has 6 nitrogen and oxygen atoms in total. The van der Waals surface area contributed by atoms with Crippen molar-refractivity contribution < 1.29 is 9.53 Å². The molecule has 2 aromatic rings. The summed E-state index contributed by atoms with van der Waals surface area (Å²) in [7, 11) is 0. The number of nitrogens with one attached hydrogen (secondary N) is 1. The molecule has 0 spiro atoms. The van der Waals surface area contributed by atoms with E-state index in [0.717, 1.165) is 30.0 Å². The van der Waals surface area contributed by atoms with Crippen molar-refractivity contribution in [2.75, 3.05) is 11.9 Å². The molecule has 0 aliphatic carbocycles. The standard InChI is InChI=1S/C20H26N4O2/c1-4-5-6-7-12-26-17-10-8-16(9-11-17)19-18(15(3)25)14(2)23-20-21-13-22-24(19)20/h8-11,13,19H,4-7,12H2,1-3H3,(H,21,22,23). The van der Waals surface area contributed by atoms with Crippen molar-refractivity contribution in [2.45, 2.75) is 52.5 Å².